The smallest absolute Gasteiger partial charge is 0.416 e. The molecule has 0 radical (unpaired) electrons. The van der Waals surface area contributed by atoms with Crippen molar-refractivity contribution in [3.8, 4) is 0 Å². The number of fused-ring (bicyclic) bond motifs is 1. The number of amides is 1. The van der Waals surface area contributed by atoms with Gasteiger partial charge >= 0.3 is 12.3 Å². The van der Waals surface area contributed by atoms with Crippen molar-refractivity contribution in [2.45, 2.75) is 38.0 Å². The second-order valence-corrected chi connectivity index (χ2v) is 5.19. The number of hydrogen-bond acceptors (Lipinski definition) is 2. The lowest BCUT2D eigenvalue weighted by Gasteiger charge is -2.37. The SMILES string of the molecule is CC[C@@H]1C[C@H](N(C)C(=O)O)c2cc(C(F)(F)F)ccc2N1. The van der Waals surface area contributed by atoms with E-state index < -0.39 is 23.9 Å². The average Bonchev–Trinajstić information content (AvgIpc) is 2.43. The summed E-state index contributed by atoms with van der Waals surface area (Å²) in [5.41, 5.74) is 0.181. The van der Waals surface area contributed by atoms with Gasteiger partial charge in [-0.15, -0.1) is 0 Å². The number of anilines is 1. The Kier molecular flexibility index (Phi) is 4.02. The average molecular weight is 302 g/mol. The quantitative estimate of drug-likeness (QED) is 0.869. The van der Waals surface area contributed by atoms with E-state index in [0.717, 1.165) is 23.5 Å². The summed E-state index contributed by atoms with van der Waals surface area (Å²) in [6.45, 7) is 1.95. The molecule has 0 unspecified atom stereocenters. The third kappa shape index (κ3) is 3.06. The van der Waals surface area contributed by atoms with E-state index in [2.05, 4.69) is 5.32 Å². The molecule has 0 bridgehead atoms. The fraction of sp³-hybridized carbons (Fsp3) is 0.500. The topological polar surface area (TPSA) is 52.6 Å². The highest BCUT2D eigenvalue weighted by Gasteiger charge is 2.35. The molecule has 1 amide bonds. The number of halogens is 3. The Labute approximate surface area is 120 Å². The van der Waals surface area contributed by atoms with Gasteiger partial charge in [-0.3, -0.25) is 0 Å². The second kappa shape index (κ2) is 5.46. The summed E-state index contributed by atoms with van der Waals surface area (Å²) in [7, 11) is 1.38. The summed E-state index contributed by atoms with van der Waals surface area (Å²) in [5.74, 6) is 0. The number of carbonyl (C=O) groups is 1. The van der Waals surface area contributed by atoms with Gasteiger partial charge in [0.15, 0.2) is 0 Å². The molecule has 0 fully saturated rings. The molecule has 0 aliphatic carbocycles. The Morgan fingerprint density at radius 1 is 1.48 bits per heavy atom. The third-order valence-electron chi connectivity index (χ3n) is 3.87. The van der Waals surface area contributed by atoms with Crippen LogP contribution in [0.2, 0.25) is 0 Å². The van der Waals surface area contributed by atoms with Crippen molar-refractivity contribution in [1.29, 1.82) is 0 Å². The Morgan fingerprint density at radius 2 is 2.14 bits per heavy atom. The van der Waals surface area contributed by atoms with Crippen molar-refractivity contribution in [3.63, 3.8) is 0 Å². The van der Waals surface area contributed by atoms with Gasteiger partial charge in [-0.1, -0.05) is 6.92 Å². The molecule has 2 N–H and O–H groups in total. The predicted molar refractivity (Wildman–Crippen MR) is 72.3 cm³/mol. The van der Waals surface area contributed by atoms with Crippen molar-refractivity contribution < 1.29 is 23.1 Å². The first-order valence-corrected chi connectivity index (χ1v) is 6.67. The summed E-state index contributed by atoms with van der Waals surface area (Å²) in [5, 5.41) is 12.3. The zero-order valence-corrected chi connectivity index (χ0v) is 11.7. The molecule has 1 aliphatic rings. The first-order valence-electron chi connectivity index (χ1n) is 6.67. The zero-order valence-electron chi connectivity index (χ0n) is 11.7. The second-order valence-electron chi connectivity index (χ2n) is 5.19. The maximum atomic E-state index is 12.8. The molecule has 2 rings (SSSR count). The van der Waals surface area contributed by atoms with Crippen molar-refractivity contribution in [2.75, 3.05) is 12.4 Å². The summed E-state index contributed by atoms with van der Waals surface area (Å²) in [6, 6.07) is 2.90. The number of alkyl halides is 3. The fourth-order valence-electron chi connectivity index (χ4n) is 2.59. The number of rotatable bonds is 2. The van der Waals surface area contributed by atoms with Crippen molar-refractivity contribution in [2.24, 2.45) is 0 Å². The first kappa shape index (κ1) is 15.5. The van der Waals surface area contributed by atoms with Crippen LogP contribution in [0.4, 0.5) is 23.7 Å². The minimum atomic E-state index is -4.44. The molecular weight excluding hydrogens is 285 g/mol. The number of benzene rings is 1. The normalized spacial score (nSPS) is 21.4. The van der Waals surface area contributed by atoms with Crippen LogP contribution in [0.25, 0.3) is 0 Å². The van der Waals surface area contributed by atoms with E-state index in [9.17, 15) is 18.0 Å². The number of hydrogen-bond donors (Lipinski definition) is 2. The Balaban J connectivity index is 2.47. The molecule has 1 aromatic carbocycles. The van der Waals surface area contributed by atoms with E-state index in [1.165, 1.54) is 13.1 Å². The molecule has 1 aliphatic heterocycles. The van der Waals surface area contributed by atoms with E-state index in [1.807, 2.05) is 6.92 Å². The molecule has 0 spiro atoms. The molecule has 21 heavy (non-hydrogen) atoms. The van der Waals surface area contributed by atoms with E-state index in [0.29, 0.717) is 17.7 Å². The summed E-state index contributed by atoms with van der Waals surface area (Å²) >= 11 is 0. The van der Waals surface area contributed by atoms with Crippen LogP contribution in [0.1, 0.15) is 36.9 Å². The van der Waals surface area contributed by atoms with Gasteiger partial charge in [0.05, 0.1) is 11.6 Å². The Hall–Kier alpha value is -1.92. The monoisotopic (exact) mass is 302 g/mol. The van der Waals surface area contributed by atoms with Crippen LogP contribution in [0.15, 0.2) is 18.2 Å². The highest BCUT2D eigenvalue weighted by molar-refractivity contribution is 5.67. The highest BCUT2D eigenvalue weighted by atomic mass is 19.4. The van der Waals surface area contributed by atoms with Crippen LogP contribution < -0.4 is 5.32 Å². The van der Waals surface area contributed by atoms with Gasteiger partial charge in [0.25, 0.3) is 0 Å². The molecule has 1 aromatic rings. The van der Waals surface area contributed by atoms with Gasteiger partial charge < -0.3 is 15.3 Å². The van der Waals surface area contributed by atoms with Crippen LogP contribution in [-0.4, -0.2) is 29.2 Å². The summed E-state index contributed by atoms with van der Waals surface area (Å²) < 4.78 is 38.5. The minimum absolute atomic E-state index is 0.0426. The molecule has 4 nitrogen and oxygen atoms in total. The maximum absolute atomic E-state index is 12.8. The Morgan fingerprint density at radius 3 is 2.67 bits per heavy atom. The Bertz CT molecular complexity index is 546. The van der Waals surface area contributed by atoms with Crippen LogP contribution in [-0.2, 0) is 6.18 Å². The predicted octanol–water partition coefficient (Wildman–Crippen LogP) is 3.95. The van der Waals surface area contributed by atoms with Crippen molar-refractivity contribution in [1.82, 2.24) is 4.90 Å². The molecule has 2 atom stereocenters. The van der Waals surface area contributed by atoms with E-state index in [1.54, 1.807) is 0 Å². The van der Waals surface area contributed by atoms with Crippen LogP contribution in [0, 0.1) is 0 Å². The van der Waals surface area contributed by atoms with Crippen LogP contribution >= 0.6 is 0 Å². The lowest BCUT2D eigenvalue weighted by atomic mass is 9.89. The molecule has 7 heteroatoms. The van der Waals surface area contributed by atoms with E-state index >= 15 is 0 Å². The molecule has 116 valence electrons. The summed E-state index contributed by atoms with van der Waals surface area (Å²) in [6.07, 6.45) is -4.37. The van der Waals surface area contributed by atoms with Gasteiger partial charge in [0.1, 0.15) is 0 Å². The van der Waals surface area contributed by atoms with Crippen molar-refractivity contribution >= 4 is 11.8 Å². The molecule has 0 saturated carbocycles. The molecular formula is C14H17F3N2O2. The van der Waals surface area contributed by atoms with Crippen LogP contribution in [0.3, 0.4) is 0 Å². The van der Waals surface area contributed by atoms with Crippen molar-refractivity contribution in [3.05, 3.63) is 29.3 Å². The highest BCUT2D eigenvalue weighted by Crippen LogP contribution is 2.40. The van der Waals surface area contributed by atoms with E-state index in [4.69, 9.17) is 5.11 Å². The first-order chi connectivity index (χ1) is 9.74. The van der Waals surface area contributed by atoms with Gasteiger partial charge in [-0.05, 0) is 36.6 Å². The number of carboxylic acid groups (broad SMARTS) is 1. The van der Waals surface area contributed by atoms with Crippen LogP contribution in [0.5, 0.6) is 0 Å². The standard InChI is InChI=1S/C14H17F3N2O2/c1-3-9-7-12(19(2)13(20)21)10-6-8(14(15,16)17)4-5-11(10)18-9/h4-6,9,12,18H,3,7H2,1-2H3,(H,20,21)/t9-,12+/m1/s1. The maximum Gasteiger partial charge on any atom is 0.416 e. The van der Waals surface area contributed by atoms with Gasteiger partial charge in [-0.2, -0.15) is 13.2 Å². The lowest BCUT2D eigenvalue weighted by molar-refractivity contribution is -0.137. The van der Waals surface area contributed by atoms with Gasteiger partial charge in [0.2, 0.25) is 0 Å². The molecule has 1 heterocycles. The third-order valence-corrected chi connectivity index (χ3v) is 3.87. The minimum Gasteiger partial charge on any atom is -0.465 e. The largest absolute Gasteiger partial charge is 0.465 e. The van der Waals surface area contributed by atoms with Gasteiger partial charge in [-0.25, -0.2) is 4.79 Å². The zero-order chi connectivity index (χ0) is 15.8. The number of nitrogens with zero attached hydrogens (tertiary/aromatic N) is 1. The lowest BCUT2D eigenvalue weighted by Crippen LogP contribution is -2.38. The molecule has 0 saturated heterocycles. The van der Waals surface area contributed by atoms with E-state index in [-0.39, 0.29) is 6.04 Å². The van der Waals surface area contributed by atoms with Gasteiger partial charge in [0, 0.05) is 18.8 Å². The summed E-state index contributed by atoms with van der Waals surface area (Å²) in [4.78, 5) is 12.2. The fourth-order valence-corrected chi connectivity index (χ4v) is 2.59. The number of nitrogens with one attached hydrogen (secondary N) is 1. The molecule has 0 aromatic heterocycles.